The minimum atomic E-state index is -0.107. The summed E-state index contributed by atoms with van der Waals surface area (Å²) in [5, 5.41) is 16.2. The number of hydrogen-bond acceptors (Lipinski definition) is 3. The van der Waals surface area contributed by atoms with Crippen molar-refractivity contribution in [2.45, 2.75) is 52.6 Å². The molecule has 18 heavy (non-hydrogen) atoms. The van der Waals surface area contributed by atoms with Gasteiger partial charge in [-0.1, -0.05) is 13.8 Å². The number of amides is 1. The maximum absolute atomic E-state index is 12.1. The van der Waals surface area contributed by atoms with Gasteiger partial charge in [0.2, 0.25) is 0 Å². The van der Waals surface area contributed by atoms with Crippen molar-refractivity contribution in [3.05, 3.63) is 17.5 Å². The SMILES string of the molecule is CCc1cc(C(=O)NC(CC)CCO)n(CC)n1. The molecule has 1 amide bonds. The molecule has 1 atom stereocenters. The number of aliphatic hydroxyl groups is 1. The molecule has 5 heteroatoms. The Bertz CT molecular complexity index is 388. The molecular weight excluding hydrogens is 230 g/mol. The van der Waals surface area contributed by atoms with Crippen LogP contribution in [0.3, 0.4) is 0 Å². The zero-order chi connectivity index (χ0) is 13.5. The van der Waals surface area contributed by atoms with Gasteiger partial charge in [0.1, 0.15) is 5.69 Å². The van der Waals surface area contributed by atoms with Gasteiger partial charge >= 0.3 is 0 Å². The monoisotopic (exact) mass is 253 g/mol. The second-order valence-corrected chi connectivity index (χ2v) is 4.28. The molecule has 0 aliphatic heterocycles. The van der Waals surface area contributed by atoms with Crippen molar-refractivity contribution in [3.63, 3.8) is 0 Å². The first-order valence-corrected chi connectivity index (χ1v) is 6.64. The molecule has 1 heterocycles. The summed E-state index contributed by atoms with van der Waals surface area (Å²) in [5.41, 5.74) is 1.53. The Morgan fingerprint density at radius 3 is 2.72 bits per heavy atom. The molecule has 1 aromatic rings. The Morgan fingerprint density at radius 1 is 1.50 bits per heavy atom. The summed E-state index contributed by atoms with van der Waals surface area (Å²) in [6.45, 7) is 6.75. The molecule has 0 aliphatic carbocycles. The van der Waals surface area contributed by atoms with E-state index in [9.17, 15) is 4.79 Å². The Hall–Kier alpha value is -1.36. The lowest BCUT2D eigenvalue weighted by atomic mass is 10.1. The van der Waals surface area contributed by atoms with Crippen LogP contribution in [-0.2, 0) is 13.0 Å². The number of aliphatic hydroxyl groups excluding tert-OH is 1. The third kappa shape index (κ3) is 3.57. The second kappa shape index (κ2) is 7.16. The third-order valence-corrected chi connectivity index (χ3v) is 3.03. The average Bonchev–Trinajstić information content (AvgIpc) is 2.81. The normalized spacial score (nSPS) is 12.4. The highest BCUT2D eigenvalue weighted by atomic mass is 16.3. The summed E-state index contributed by atoms with van der Waals surface area (Å²) in [5.74, 6) is -0.107. The second-order valence-electron chi connectivity index (χ2n) is 4.28. The number of rotatable bonds is 7. The largest absolute Gasteiger partial charge is 0.396 e. The first kappa shape index (κ1) is 14.7. The van der Waals surface area contributed by atoms with Gasteiger partial charge in [-0.3, -0.25) is 9.48 Å². The summed E-state index contributed by atoms with van der Waals surface area (Å²) >= 11 is 0. The molecule has 0 saturated carbocycles. The van der Waals surface area contributed by atoms with E-state index in [-0.39, 0.29) is 18.6 Å². The minimum Gasteiger partial charge on any atom is -0.396 e. The highest BCUT2D eigenvalue weighted by molar-refractivity contribution is 5.92. The van der Waals surface area contributed by atoms with Crippen molar-refractivity contribution in [1.29, 1.82) is 0 Å². The number of carbonyl (C=O) groups is 1. The number of aryl methyl sites for hydroxylation is 2. The Balaban J connectivity index is 2.79. The lowest BCUT2D eigenvalue weighted by Gasteiger charge is -2.15. The smallest absolute Gasteiger partial charge is 0.269 e. The number of hydrogen-bond donors (Lipinski definition) is 2. The zero-order valence-electron chi connectivity index (χ0n) is 11.4. The van der Waals surface area contributed by atoms with Crippen molar-refractivity contribution in [1.82, 2.24) is 15.1 Å². The van der Waals surface area contributed by atoms with Gasteiger partial charge in [0.15, 0.2) is 0 Å². The van der Waals surface area contributed by atoms with Crippen LogP contribution in [0.4, 0.5) is 0 Å². The van der Waals surface area contributed by atoms with Crippen LogP contribution in [0.2, 0.25) is 0 Å². The molecule has 0 bridgehead atoms. The summed E-state index contributed by atoms with van der Waals surface area (Å²) in [7, 11) is 0. The fourth-order valence-corrected chi connectivity index (χ4v) is 1.86. The van der Waals surface area contributed by atoms with E-state index in [0.717, 1.165) is 18.5 Å². The van der Waals surface area contributed by atoms with Gasteiger partial charge in [0.25, 0.3) is 5.91 Å². The molecule has 0 saturated heterocycles. The van der Waals surface area contributed by atoms with Crippen LogP contribution in [-0.4, -0.2) is 33.4 Å². The first-order chi connectivity index (χ1) is 8.65. The van der Waals surface area contributed by atoms with Gasteiger partial charge < -0.3 is 10.4 Å². The fourth-order valence-electron chi connectivity index (χ4n) is 1.86. The van der Waals surface area contributed by atoms with Crippen LogP contribution in [0.1, 0.15) is 49.8 Å². The first-order valence-electron chi connectivity index (χ1n) is 6.64. The summed E-state index contributed by atoms with van der Waals surface area (Å²) in [6, 6.07) is 1.86. The quantitative estimate of drug-likeness (QED) is 0.771. The van der Waals surface area contributed by atoms with Crippen molar-refractivity contribution in [2.24, 2.45) is 0 Å². The molecule has 0 aliphatic rings. The maximum atomic E-state index is 12.1. The van der Waals surface area contributed by atoms with Crippen LogP contribution in [0.25, 0.3) is 0 Å². The summed E-state index contributed by atoms with van der Waals surface area (Å²) in [4.78, 5) is 12.1. The van der Waals surface area contributed by atoms with Crippen LogP contribution in [0.5, 0.6) is 0 Å². The molecule has 0 radical (unpaired) electrons. The minimum absolute atomic E-state index is 0.0211. The molecule has 1 rings (SSSR count). The molecule has 0 fully saturated rings. The van der Waals surface area contributed by atoms with Gasteiger partial charge in [-0.05, 0) is 32.3 Å². The van der Waals surface area contributed by atoms with Gasteiger partial charge in [-0.15, -0.1) is 0 Å². The van der Waals surface area contributed by atoms with Crippen molar-refractivity contribution in [3.8, 4) is 0 Å². The molecule has 1 aromatic heterocycles. The molecule has 2 N–H and O–H groups in total. The van der Waals surface area contributed by atoms with Gasteiger partial charge in [0, 0.05) is 19.2 Å². The number of nitrogens with zero attached hydrogens (tertiary/aromatic N) is 2. The van der Waals surface area contributed by atoms with Crippen LogP contribution in [0, 0.1) is 0 Å². The average molecular weight is 253 g/mol. The molecule has 5 nitrogen and oxygen atoms in total. The maximum Gasteiger partial charge on any atom is 0.269 e. The fraction of sp³-hybridized carbons (Fsp3) is 0.692. The summed E-state index contributed by atoms with van der Waals surface area (Å²) < 4.78 is 1.72. The number of nitrogens with one attached hydrogen (secondary N) is 1. The Kier molecular flexibility index (Phi) is 5.85. The molecule has 102 valence electrons. The van der Waals surface area contributed by atoms with Crippen LogP contribution < -0.4 is 5.32 Å². The predicted octanol–water partition coefficient (Wildman–Crippen LogP) is 1.36. The highest BCUT2D eigenvalue weighted by Crippen LogP contribution is 2.07. The number of carbonyl (C=O) groups excluding carboxylic acids is 1. The van der Waals surface area contributed by atoms with E-state index in [1.807, 2.05) is 26.8 Å². The molecule has 0 aromatic carbocycles. The van der Waals surface area contributed by atoms with E-state index < -0.39 is 0 Å². The lowest BCUT2D eigenvalue weighted by molar-refractivity contribution is 0.0918. The standard InChI is InChI=1S/C13H23N3O2/c1-4-10(7-8-17)14-13(18)12-9-11(5-2)15-16(12)6-3/h9-10,17H,4-8H2,1-3H3,(H,14,18). The Labute approximate surface area is 108 Å². The van der Waals surface area contributed by atoms with Gasteiger partial charge in [-0.2, -0.15) is 5.10 Å². The van der Waals surface area contributed by atoms with Crippen LogP contribution in [0.15, 0.2) is 6.07 Å². The van der Waals surface area contributed by atoms with Crippen molar-refractivity contribution >= 4 is 5.91 Å². The van der Waals surface area contributed by atoms with E-state index in [1.54, 1.807) is 4.68 Å². The van der Waals surface area contributed by atoms with E-state index >= 15 is 0 Å². The zero-order valence-corrected chi connectivity index (χ0v) is 11.4. The topological polar surface area (TPSA) is 67.2 Å². The Morgan fingerprint density at radius 2 is 2.22 bits per heavy atom. The molecule has 0 spiro atoms. The van der Waals surface area contributed by atoms with E-state index in [4.69, 9.17) is 5.11 Å². The van der Waals surface area contributed by atoms with Crippen LogP contribution >= 0.6 is 0 Å². The van der Waals surface area contributed by atoms with E-state index in [0.29, 0.717) is 18.7 Å². The van der Waals surface area contributed by atoms with E-state index in [2.05, 4.69) is 10.4 Å². The lowest BCUT2D eigenvalue weighted by Crippen LogP contribution is -2.36. The van der Waals surface area contributed by atoms with Crippen molar-refractivity contribution < 1.29 is 9.90 Å². The molecule has 1 unspecified atom stereocenters. The summed E-state index contributed by atoms with van der Waals surface area (Å²) in [6.07, 6.45) is 2.22. The van der Waals surface area contributed by atoms with E-state index in [1.165, 1.54) is 0 Å². The van der Waals surface area contributed by atoms with Gasteiger partial charge in [-0.25, -0.2) is 0 Å². The van der Waals surface area contributed by atoms with Crippen molar-refractivity contribution in [2.75, 3.05) is 6.61 Å². The predicted molar refractivity (Wildman–Crippen MR) is 70.5 cm³/mol. The third-order valence-electron chi connectivity index (χ3n) is 3.03. The van der Waals surface area contributed by atoms with Gasteiger partial charge in [0.05, 0.1) is 5.69 Å². The highest BCUT2D eigenvalue weighted by Gasteiger charge is 2.16. The number of aromatic nitrogens is 2. The molecular formula is C13H23N3O2.